The van der Waals surface area contributed by atoms with E-state index in [9.17, 15) is 4.39 Å². The molecule has 2 rings (SSSR count). The quantitative estimate of drug-likeness (QED) is 0.920. The van der Waals surface area contributed by atoms with Crippen molar-refractivity contribution in [2.45, 2.75) is 19.0 Å². The van der Waals surface area contributed by atoms with E-state index in [1.165, 1.54) is 18.6 Å². The number of benzene rings is 1. The summed E-state index contributed by atoms with van der Waals surface area (Å²) in [5, 5.41) is 3.59. The van der Waals surface area contributed by atoms with Crippen molar-refractivity contribution in [1.82, 2.24) is 5.32 Å². The number of hydrogen-bond acceptors (Lipinski definition) is 4. The van der Waals surface area contributed by atoms with Crippen LogP contribution < -0.4 is 10.1 Å². The molecule has 2 nitrogen and oxygen atoms in total. The fraction of sp³-hybridized carbons (Fsp3) is 0.571. The van der Waals surface area contributed by atoms with Gasteiger partial charge >= 0.3 is 0 Å². The second kappa shape index (κ2) is 7.41. The molecule has 19 heavy (non-hydrogen) atoms. The largest absolute Gasteiger partial charge is 0.494 e. The van der Waals surface area contributed by atoms with Crippen molar-refractivity contribution in [3.8, 4) is 5.75 Å². The van der Waals surface area contributed by atoms with Gasteiger partial charge in [-0.1, -0.05) is 6.07 Å². The Morgan fingerprint density at radius 3 is 2.58 bits per heavy atom. The number of ether oxygens (including phenoxy) is 1. The Kier molecular flexibility index (Phi) is 5.85. The highest BCUT2D eigenvalue weighted by Gasteiger charge is 2.17. The molecular formula is C14H20FNOS2. The van der Waals surface area contributed by atoms with Gasteiger partial charge in [0.2, 0.25) is 0 Å². The summed E-state index contributed by atoms with van der Waals surface area (Å²) in [6.45, 7) is 2.08. The van der Waals surface area contributed by atoms with E-state index >= 15 is 0 Å². The van der Waals surface area contributed by atoms with Gasteiger partial charge in [0, 0.05) is 35.1 Å². The zero-order valence-electron chi connectivity index (χ0n) is 11.3. The van der Waals surface area contributed by atoms with Gasteiger partial charge in [-0.2, -0.15) is 23.5 Å². The summed E-state index contributed by atoms with van der Waals surface area (Å²) in [5.74, 6) is 4.74. The first-order valence-electron chi connectivity index (χ1n) is 6.45. The lowest BCUT2D eigenvalue weighted by molar-refractivity contribution is 0.385. The van der Waals surface area contributed by atoms with Crippen LogP contribution in [-0.2, 0) is 0 Å². The smallest absolute Gasteiger partial charge is 0.165 e. The topological polar surface area (TPSA) is 21.3 Å². The van der Waals surface area contributed by atoms with Gasteiger partial charge in [0.15, 0.2) is 11.6 Å². The number of nitrogens with one attached hydrogen (secondary N) is 1. The molecule has 1 heterocycles. The molecule has 0 spiro atoms. The molecule has 0 aliphatic carbocycles. The lowest BCUT2D eigenvalue weighted by Crippen LogP contribution is -2.35. The SMILES string of the molecule is COc1ccc([C@H](C)NC2CSCCSC2)cc1F. The molecule has 1 aliphatic rings. The Balaban J connectivity index is 1.98. The molecule has 1 aromatic carbocycles. The van der Waals surface area contributed by atoms with Crippen molar-refractivity contribution < 1.29 is 9.13 Å². The molecule has 0 unspecified atom stereocenters. The fourth-order valence-electron chi connectivity index (χ4n) is 2.12. The normalized spacial score (nSPS) is 18.9. The number of halogens is 1. The highest BCUT2D eigenvalue weighted by Crippen LogP contribution is 2.23. The maximum absolute atomic E-state index is 13.7. The van der Waals surface area contributed by atoms with Gasteiger partial charge in [-0.05, 0) is 24.6 Å². The average molecular weight is 301 g/mol. The number of methoxy groups -OCH3 is 1. The molecule has 0 amide bonds. The van der Waals surface area contributed by atoms with Crippen LogP contribution >= 0.6 is 23.5 Å². The molecule has 1 fully saturated rings. The minimum atomic E-state index is -0.293. The third-order valence-corrected chi connectivity index (χ3v) is 5.69. The molecule has 0 aromatic heterocycles. The van der Waals surface area contributed by atoms with Crippen molar-refractivity contribution in [1.29, 1.82) is 0 Å². The van der Waals surface area contributed by atoms with E-state index in [1.54, 1.807) is 12.1 Å². The Hall–Kier alpha value is -0.390. The van der Waals surface area contributed by atoms with Gasteiger partial charge in [-0.25, -0.2) is 4.39 Å². The molecular weight excluding hydrogens is 281 g/mol. The Morgan fingerprint density at radius 2 is 2.00 bits per heavy atom. The van der Waals surface area contributed by atoms with Crippen LogP contribution in [0, 0.1) is 5.82 Å². The maximum atomic E-state index is 13.7. The highest BCUT2D eigenvalue weighted by atomic mass is 32.2. The number of rotatable bonds is 4. The van der Waals surface area contributed by atoms with Crippen LogP contribution in [0.3, 0.4) is 0 Å². The van der Waals surface area contributed by atoms with E-state index in [1.807, 2.05) is 29.6 Å². The van der Waals surface area contributed by atoms with E-state index in [0.29, 0.717) is 11.8 Å². The first-order chi connectivity index (χ1) is 9.20. The van der Waals surface area contributed by atoms with Crippen molar-refractivity contribution in [3.05, 3.63) is 29.6 Å². The highest BCUT2D eigenvalue weighted by molar-refractivity contribution is 8.03. The number of hydrogen-bond donors (Lipinski definition) is 1. The predicted molar refractivity (Wildman–Crippen MR) is 82.9 cm³/mol. The predicted octanol–water partition coefficient (Wildman–Crippen LogP) is 3.33. The van der Waals surface area contributed by atoms with E-state index in [4.69, 9.17) is 4.74 Å². The summed E-state index contributed by atoms with van der Waals surface area (Å²) >= 11 is 3.99. The lowest BCUT2D eigenvalue weighted by Gasteiger charge is -2.22. The molecule has 0 saturated carbocycles. The molecule has 1 atom stereocenters. The summed E-state index contributed by atoms with van der Waals surface area (Å²) in [6.07, 6.45) is 0. The van der Waals surface area contributed by atoms with Gasteiger partial charge in [0.25, 0.3) is 0 Å². The maximum Gasteiger partial charge on any atom is 0.165 e. The summed E-state index contributed by atoms with van der Waals surface area (Å²) in [5.41, 5.74) is 0.970. The summed E-state index contributed by atoms with van der Waals surface area (Å²) in [6, 6.07) is 5.84. The second-order valence-electron chi connectivity index (χ2n) is 4.63. The Labute approximate surface area is 122 Å². The first kappa shape index (κ1) is 15.0. The van der Waals surface area contributed by atoms with E-state index < -0.39 is 0 Å². The zero-order chi connectivity index (χ0) is 13.7. The molecule has 5 heteroatoms. The van der Waals surface area contributed by atoms with Crippen molar-refractivity contribution in [3.63, 3.8) is 0 Å². The van der Waals surface area contributed by atoms with Gasteiger partial charge in [-0.3, -0.25) is 0 Å². The summed E-state index contributed by atoms with van der Waals surface area (Å²) < 4.78 is 18.6. The zero-order valence-corrected chi connectivity index (χ0v) is 13.0. The number of thioether (sulfide) groups is 2. The van der Waals surface area contributed by atoms with Gasteiger partial charge in [0.1, 0.15) is 0 Å². The fourth-order valence-corrected chi connectivity index (χ4v) is 4.54. The van der Waals surface area contributed by atoms with E-state index in [2.05, 4.69) is 12.2 Å². The van der Waals surface area contributed by atoms with Crippen LogP contribution in [0.15, 0.2) is 18.2 Å². The third-order valence-electron chi connectivity index (χ3n) is 3.17. The molecule has 1 aromatic rings. The standard InChI is InChI=1S/C14H20FNOS2/c1-10(16-12-8-18-5-6-19-9-12)11-3-4-14(17-2)13(15)7-11/h3-4,7,10,12,16H,5-6,8-9H2,1-2H3/t10-/m0/s1. The molecule has 1 saturated heterocycles. The van der Waals surface area contributed by atoms with E-state index in [0.717, 1.165) is 17.1 Å². The van der Waals surface area contributed by atoms with Gasteiger partial charge in [0.05, 0.1) is 7.11 Å². The minimum absolute atomic E-state index is 0.157. The third kappa shape index (κ3) is 4.29. The van der Waals surface area contributed by atoms with Crippen LogP contribution in [0.5, 0.6) is 5.75 Å². The first-order valence-corrected chi connectivity index (χ1v) is 8.76. The summed E-state index contributed by atoms with van der Waals surface area (Å²) in [4.78, 5) is 0. The van der Waals surface area contributed by atoms with Crippen LogP contribution in [-0.4, -0.2) is 36.2 Å². The second-order valence-corrected chi connectivity index (χ2v) is 6.93. The Morgan fingerprint density at radius 1 is 1.32 bits per heavy atom. The Bertz CT molecular complexity index is 408. The summed E-state index contributed by atoms with van der Waals surface area (Å²) in [7, 11) is 1.49. The van der Waals surface area contributed by atoms with Crippen molar-refractivity contribution in [2.75, 3.05) is 30.1 Å². The van der Waals surface area contributed by atoms with E-state index in [-0.39, 0.29) is 11.9 Å². The molecule has 1 N–H and O–H groups in total. The van der Waals surface area contributed by atoms with Crippen LogP contribution in [0.1, 0.15) is 18.5 Å². The van der Waals surface area contributed by atoms with Crippen LogP contribution in [0.25, 0.3) is 0 Å². The van der Waals surface area contributed by atoms with Crippen molar-refractivity contribution in [2.24, 2.45) is 0 Å². The molecule has 106 valence electrons. The van der Waals surface area contributed by atoms with Crippen LogP contribution in [0.2, 0.25) is 0 Å². The van der Waals surface area contributed by atoms with Crippen molar-refractivity contribution >= 4 is 23.5 Å². The van der Waals surface area contributed by atoms with Crippen LogP contribution in [0.4, 0.5) is 4.39 Å². The van der Waals surface area contributed by atoms with Gasteiger partial charge < -0.3 is 10.1 Å². The minimum Gasteiger partial charge on any atom is -0.494 e. The molecule has 0 bridgehead atoms. The van der Waals surface area contributed by atoms with Gasteiger partial charge in [-0.15, -0.1) is 0 Å². The average Bonchev–Trinajstić information content (AvgIpc) is 2.67. The monoisotopic (exact) mass is 301 g/mol. The molecule has 1 aliphatic heterocycles. The molecule has 0 radical (unpaired) electrons. The lowest BCUT2D eigenvalue weighted by atomic mass is 10.1.